The number of carbonyl (C=O) groups excluding carboxylic acids is 1. The lowest BCUT2D eigenvalue weighted by atomic mass is 10.0. The molecule has 0 saturated carbocycles. The van der Waals surface area contributed by atoms with Crippen molar-refractivity contribution in [2.45, 2.75) is 11.2 Å². The lowest BCUT2D eigenvalue weighted by Gasteiger charge is -2.13. The quantitative estimate of drug-likeness (QED) is 0.742. The Morgan fingerprint density at radius 3 is 2.45 bits per heavy atom. The molecule has 0 radical (unpaired) electrons. The first-order valence-corrected chi connectivity index (χ1v) is 7.73. The van der Waals surface area contributed by atoms with Crippen LogP contribution in [0.5, 0.6) is 0 Å². The Hall–Kier alpha value is -1.03. The molecule has 1 atom stereocenters. The first-order chi connectivity index (χ1) is 9.52. The van der Waals surface area contributed by atoms with Crippen molar-refractivity contribution >= 4 is 50.7 Å². The molecule has 2 aromatic rings. The SMILES string of the molecule is O=C1Cc2cc(C(Br)c3cc(Cl)cc(Cl)c3)ccc2N1. The standard InChI is InChI=1S/C15H10BrCl2NO/c16-15(10-4-11(17)7-12(18)5-10)8-1-2-13-9(3-8)6-14(20)19-13/h1-5,7,15H,6H2,(H,19,20). The highest BCUT2D eigenvalue weighted by molar-refractivity contribution is 9.09. The number of anilines is 1. The summed E-state index contributed by atoms with van der Waals surface area (Å²) in [6.07, 6.45) is 0.430. The van der Waals surface area contributed by atoms with E-state index in [-0.39, 0.29) is 10.7 Å². The maximum atomic E-state index is 11.4. The van der Waals surface area contributed by atoms with E-state index in [4.69, 9.17) is 23.2 Å². The van der Waals surface area contributed by atoms with E-state index in [1.54, 1.807) is 6.07 Å². The number of halogens is 3. The van der Waals surface area contributed by atoms with Gasteiger partial charge in [0.15, 0.2) is 0 Å². The van der Waals surface area contributed by atoms with Crippen molar-refractivity contribution in [3.8, 4) is 0 Å². The van der Waals surface area contributed by atoms with Crippen LogP contribution < -0.4 is 5.32 Å². The summed E-state index contributed by atoms with van der Waals surface area (Å²) >= 11 is 15.7. The molecular formula is C15H10BrCl2NO. The van der Waals surface area contributed by atoms with E-state index in [0.717, 1.165) is 22.4 Å². The Bertz CT molecular complexity index is 682. The molecule has 20 heavy (non-hydrogen) atoms. The molecule has 1 N–H and O–H groups in total. The van der Waals surface area contributed by atoms with E-state index in [9.17, 15) is 4.79 Å². The number of benzene rings is 2. The van der Waals surface area contributed by atoms with Crippen LogP contribution in [-0.2, 0) is 11.2 Å². The van der Waals surface area contributed by atoms with Gasteiger partial charge in [-0.25, -0.2) is 0 Å². The number of hydrogen-bond acceptors (Lipinski definition) is 1. The zero-order valence-electron chi connectivity index (χ0n) is 10.3. The van der Waals surface area contributed by atoms with E-state index in [1.165, 1.54) is 0 Å². The average molecular weight is 371 g/mol. The summed E-state index contributed by atoms with van der Waals surface area (Å²) in [5.41, 5.74) is 3.96. The minimum absolute atomic E-state index is 0.0142. The Balaban J connectivity index is 1.97. The molecule has 0 spiro atoms. The minimum atomic E-state index is -0.0142. The topological polar surface area (TPSA) is 29.1 Å². The molecule has 1 aliphatic rings. The molecule has 2 aromatic carbocycles. The number of rotatable bonds is 2. The van der Waals surface area contributed by atoms with Crippen LogP contribution in [0.15, 0.2) is 36.4 Å². The fraction of sp³-hybridized carbons (Fsp3) is 0.133. The maximum Gasteiger partial charge on any atom is 0.228 e. The molecule has 1 aliphatic heterocycles. The van der Waals surface area contributed by atoms with Gasteiger partial charge in [0, 0.05) is 15.7 Å². The van der Waals surface area contributed by atoms with Gasteiger partial charge >= 0.3 is 0 Å². The monoisotopic (exact) mass is 369 g/mol. The number of amides is 1. The van der Waals surface area contributed by atoms with Crippen molar-refractivity contribution in [2.75, 3.05) is 5.32 Å². The molecule has 0 aliphatic carbocycles. The highest BCUT2D eigenvalue weighted by Crippen LogP contribution is 2.36. The third-order valence-corrected chi connectivity index (χ3v) is 4.72. The normalized spacial score (nSPS) is 14.8. The summed E-state index contributed by atoms with van der Waals surface area (Å²) in [5.74, 6) is 0.0362. The Morgan fingerprint density at radius 2 is 1.75 bits per heavy atom. The predicted octanol–water partition coefficient (Wildman–Crippen LogP) is 4.97. The van der Waals surface area contributed by atoms with Crippen molar-refractivity contribution < 1.29 is 4.79 Å². The van der Waals surface area contributed by atoms with E-state index in [2.05, 4.69) is 21.2 Å². The van der Waals surface area contributed by atoms with Gasteiger partial charge in [-0.1, -0.05) is 51.3 Å². The van der Waals surface area contributed by atoms with Gasteiger partial charge in [-0.3, -0.25) is 4.79 Å². The summed E-state index contributed by atoms with van der Waals surface area (Å²) in [5, 5.41) is 4.04. The second kappa shape index (κ2) is 5.40. The molecule has 102 valence electrons. The van der Waals surface area contributed by atoms with Crippen molar-refractivity contribution in [1.29, 1.82) is 0 Å². The number of nitrogens with one attached hydrogen (secondary N) is 1. The number of hydrogen-bond donors (Lipinski definition) is 1. The van der Waals surface area contributed by atoms with Crippen molar-refractivity contribution in [1.82, 2.24) is 0 Å². The molecule has 0 fully saturated rings. The van der Waals surface area contributed by atoms with E-state index in [1.807, 2.05) is 30.3 Å². The first kappa shape index (κ1) is 13.9. The van der Waals surface area contributed by atoms with Crippen LogP contribution in [0.25, 0.3) is 0 Å². The van der Waals surface area contributed by atoms with Crippen molar-refractivity contribution in [3.05, 3.63) is 63.1 Å². The molecule has 0 aromatic heterocycles. The second-order valence-electron chi connectivity index (χ2n) is 4.71. The third-order valence-electron chi connectivity index (χ3n) is 3.22. The van der Waals surface area contributed by atoms with Crippen LogP contribution in [0.3, 0.4) is 0 Å². The third kappa shape index (κ3) is 2.71. The zero-order valence-corrected chi connectivity index (χ0v) is 13.4. The van der Waals surface area contributed by atoms with E-state index < -0.39 is 0 Å². The number of carbonyl (C=O) groups is 1. The van der Waals surface area contributed by atoms with Gasteiger partial charge in [-0.2, -0.15) is 0 Å². The average Bonchev–Trinajstić information content (AvgIpc) is 2.75. The van der Waals surface area contributed by atoms with Gasteiger partial charge in [0.1, 0.15) is 0 Å². The molecule has 1 amide bonds. The molecule has 5 heteroatoms. The highest BCUT2D eigenvalue weighted by Gasteiger charge is 2.20. The van der Waals surface area contributed by atoms with Crippen molar-refractivity contribution in [3.63, 3.8) is 0 Å². The minimum Gasteiger partial charge on any atom is -0.326 e. The Kier molecular flexibility index (Phi) is 3.76. The lowest BCUT2D eigenvalue weighted by molar-refractivity contribution is -0.115. The molecule has 0 saturated heterocycles. The maximum absolute atomic E-state index is 11.4. The van der Waals surface area contributed by atoms with Gasteiger partial charge in [0.25, 0.3) is 0 Å². The van der Waals surface area contributed by atoms with E-state index >= 15 is 0 Å². The Labute approximate surface area is 135 Å². The summed E-state index contributed by atoms with van der Waals surface area (Å²) in [6.45, 7) is 0. The van der Waals surface area contributed by atoms with Gasteiger partial charge < -0.3 is 5.32 Å². The van der Waals surface area contributed by atoms with Gasteiger partial charge in [0.05, 0.1) is 11.2 Å². The van der Waals surface area contributed by atoms with Crippen LogP contribution in [0.4, 0.5) is 5.69 Å². The highest BCUT2D eigenvalue weighted by atomic mass is 79.9. The van der Waals surface area contributed by atoms with Gasteiger partial charge in [-0.05, 0) is 41.0 Å². The van der Waals surface area contributed by atoms with Gasteiger partial charge in [-0.15, -0.1) is 0 Å². The molecule has 0 bridgehead atoms. The predicted molar refractivity (Wildman–Crippen MR) is 86.0 cm³/mol. The molecule has 3 rings (SSSR count). The van der Waals surface area contributed by atoms with Gasteiger partial charge in [0.2, 0.25) is 5.91 Å². The molecule has 1 unspecified atom stereocenters. The number of fused-ring (bicyclic) bond motifs is 1. The Morgan fingerprint density at radius 1 is 1.05 bits per heavy atom. The zero-order chi connectivity index (χ0) is 14.3. The molecular weight excluding hydrogens is 361 g/mol. The molecule has 2 nitrogen and oxygen atoms in total. The van der Waals surface area contributed by atoms with Crippen LogP contribution >= 0.6 is 39.1 Å². The van der Waals surface area contributed by atoms with Crippen molar-refractivity contribution in [2.24, 2.45) is 0 Å². The lowest BCUT2D eigenvalue weighted by Crippen LogP contribution is -2.03. The summed E-state index contributed by atoms with van der Waals surface area (Å²) in [6, 6.07) is 11.4. The fourth-order valence-corrected chi connectivity index (χ4v) is 3.41. The van der Waals surface area contributed by atoms with E-state index in [0.29, 0.717) is 16.5 Å². The number of alkyl halides is 1. The van der Waals surface area contributed by atoms with Crippen LogP contribution in [-0.4, -0.2) is 5.91 Å². The smallest absolute Gasteiger partial charge is 0.228 e. The molecule has 1 heterocycles. The summed E-state index contributed by atoms with van der Waals surface area (Å²) in [7, 11) is 0. The van der Waals surface area contributed by atoms with Crippen LogP contribution in [0, 0.1) is 0 Å². The summed E-state index contributed by atoms with van der Waals surface area (Å²) < 4.78 is 0. The fourth-order valence-electron chi connectivity index (χ4n) is 2.32. The van der Waals surface area contributed by atoms with Crippen LogP contribution in [0.2, 0.25) is 10.0 Å². The second-order valence-corrected chi connectivity index (χ2v) is 6.50. The first-order valence-electron chi connectivity index (χ1n) is 6.05. The largest absolute Gasteiger partial charge is 0.326 e. The summed E-state index contributed by atoms with van der Waals surface area (Å²) in [4.78, 5) is 11.4. The van der Waals surface area contributed by atoms with Crippen LogP contribution in [0.1, 0.15) is 21.5 Å².